The van der Waals surface area contributed by atoms with Gasteiger partial charge in [0.2, 0.25) is 0 Å². The van der Waals surface area contributed by atoms with Crippen LogP contribution >= 0.6 is 0 Å². The van der Waals surface area contributed by atoms with Crippen LogP contribution in [0.4, 0.5) is 0 Å². The minimum Gasteiger partial charge on any atom is -0.0622 e. The molecule has 0 unspecified atom stereocenters. The zero-order valence-corrected chi connectivity index (χ0v) is 31.3. The summed E-state index contributed by atoms with van der Waals surface area (Å²) >= 11 is 0. The molecule has 1 aliphatic carbocycles. The number of fused-ring (bicyclic) bond motifs is 9. The molecule has 0 atom stereocenters. The molecule has 0 heterocycles. The van der Waals surface area contributed by atoms with Crippen LogP contribution in [0.1, 0.15) is 22.3 Å². The number of benzene rings is 11. The average Bonchev–Trinajstić information content (AvgIpc) is 3.58. The molecular weight excluding hydrogens is 685 g/mol. The summed E-state index contributed by atoms with van der Waals surface area (Å²) in [5, 5.41) is 12.6. The Morgan fingerprint density at radius 1 is 0.246 bits per heavy atom. The molecule has 11 aromatic rings. The van der Waals surface area contributed by atoms with Crippen molar-refractivity contribution in [3.8, 4) is 33.4 Å². The van der Waals surface area contributed by atoms with Crippen LogP contribution in [0, 0.1) is 0 Å². The van der Waals surface area contributed by atoms with Crippen molar-refractivity contribution >= 4 is 53.9 Å². The van der Waals surface area contributed by atoms with Gasteiger partial charge in [-0.2, -0.15) is 0 Å². The molecule has 0 saturated heterocycles. The van der Waals surface area contributed by atoms with Gasteiger partial charge in [-0.05, 0) is 134 Å². The van der Waals surface area contributed by atoms with E-state index in [2.05, 4.69) is 218 Å². The van der Waals surface area contributed by atoms with E-state index in [1.54, 1.807) is 0 Å². The first-order valence-electron chi connectivity index (χ1n) is 19.9. The van der Waals surface area contributed by atoms with Crippen LogP contribution in [0.15, 0.2) is 218 Å². The third kappa shape index (κ3) is 4.62. The summed E-state index contributed by atoms with van der Waals surface area (Å²) in [6, 6.07) is 81.7. The van der Waals surface area contributed by atoms with Crippen molar-refractivity contribution < 1.29 is 0 Å². The molecule has 0 saturated carbocycles. The van der Waals surface area contributed by atoms with Crippen LogP contribution < -0.4 is 0 Å². The van der Waals surface area contributed by atoms with Crippen LogP contribution in [0.25, 0.3) is 87.2 Å². The van der Waals surface area contributed by atoms with Crippen molar-refractivity contribution in [1.82, 2.24) is 0 Å². The third-order valence-electron chi connectivity index (χ3n) is 12.7. The molecule has 0 nitrogen and oxygen atoms in total. The SMILES string of the molecule is c1ccc(C2(c3ccccc3)c3ccccc3-c3c2cc2cc(-c4c5ccccc5cc5c4ccc4ccccc45)ccc2c3-c2ccc3ccccc3c2)cc1. The van der Waals surface area contributed by atoms with E-state index in [1.807, 2.05) is 0 Å². The molecule has 0 N–H and O–H groups in total. The van der Waals surface area contributed by atoms with Gasteiger partial charge >= 0.3 is 0 Å². The third-order valence-corrected chi connectivity index (χ3v) is 12.7. The van der Waals surface area contributed by atoms with Crippen molar-refractivity contribution in [1.29, 1.82) is 0 Å². The normalized spacial score (nSPS) is 13.1. The molecule has 0 aromatic heterocycles. The molecule has 1 aliphatic rings. The van der Waals surface area contributed by atoms with Crippen LogP contribution in [0.5, 0.6) is 0 Å². The maximum absolute atomic E-state index is 2.53. The lowest BCUT2D eigenvalue weighted by molar-refractivity contribution is 0.769. The van der Waals surface area contributed by atoms with E-state index in [-0.39, 0.29) is 0 Å². The molecule has 0 fully saturated rings. The quantitative estimate of drug-likeness (QED) is 0.125. The maximum Gasteiger partial charge on any atom is 0.0714 e. The predicted molar refractivity (Wildman–Crippen MR) is 242 cm³/mol. The lowest BCUT2D eigenvalue weighted by Gasteiger charge is -2.34. The Kier molecular flexibility index (Phi) is 6.94. The first kappa shape index (κ1) is 32.0. The molecule has 0 spiro atoms. The topological polar surface area (TPSA) is 0 Å². The predicted octanol–water partition coefficient (Wildman–Crippen LogP) is 15.1. The number of rotatable bonds is 4. The number of hydrogen-bond acceptors (Lipinski definition) is 0. The van der Waals surface area contributed by atoms with Crippen LogP contribution in [-0.4, -0.2) is 0 Å². The standard InChI is InChI=1S/C57H36/c1-3-19-44(20-4-1)57(45-21-5-2-6-22-45)52-26-14-13-25-50(52)56-53(57)36-43-34-41(30-31-48(43)55(56)42-28-27-37-15-7-8-17-39(37)33-42)54-47-24-12-10-18-40(47)35-51-46-23-11-9-16-38(46)29-32-49(51)54/h1-36H. The lowest BCUT2D eigenvalue weighted by Crippen LogP contribution is -2.28. The van der Waals surface area contributed by atoms with E-state index in [1.165, 1.54) is 109 Å². The first-order chi connectivity index (χ1) is 28.3. The second kappa shape index (κ2) is 12.4. The summed E-state index contributed by atoms with van der Waals surface area (Å²) in [5.41, 5.74) is 12.3. The van der Waals surface area contributed by atoms with Crippen LogP contribution in [0.2, 0.25) is 0 Å². The zero-order valence-electron chi connectivity index (χ0n) is 31.3. The molecule has 12 rings (SSSR count). The highest BCUT2D eigenvalue weighted by Gasteiger charge is 2.47. The molecule has 0 bridgehead atoms. The van der Waals surface area contributed by atoms with Gasteiger partial charge in [0.05, 0.1) is 5.41 Å². The molecule has 11 aromatic carbocycles. The highest BCUT2D eigenvalue weighted by atomic mass is 14.5. The summed E-state index contributed by atoms with van der Waals surface area (Å²) in [7, 11) is 0. The smallest absolute Gasteiger partial charge is 0.0622 e. The van der Waals surface area contributed by atoms with Gasteiger partial charge in [-0.25, -0.2) is 0 Å². The van der Waals surface area contributed by atoms with E-state index in [0.717, 1.165) is 0 Å². The highest BCUT2D eigenvalue weighted by molar-refractivity contribution is 6.21. The zero-order chi connectivity index (χ0) is 37.5. The Hall–Kier alpha value is -7.28. The van der Waals surface area contributed by atoms with Crippen LogP contribution in [-0.2, 0) is 5.41 Å². The monoisotopic (exact) mass is 720 g/mol. The summed E-state index contributed by atoms with van der Waals surface area (Å²) in [6.07, 6.45) is 0. The number of hydrogen-bond donors (Lipinski definition) is 0. The van der Waals surface area contributed by atoms with E-state index in [0.29, 0.717) is 0 Å². The molecule has 57 heavy (non-hydrogen) atoms. The molecule has 0 heteroatoms. The van der Waals surface area contributed by atoms with Crippen molar-refractivity contribution in [2.75, 3.05) is 0 Å². The second-order valence-corrected chi connectivity index (χ2v) is 15.6. The van der Waals surface area contributed by atoms with Gasteiger partial charge in [-0.1, -0.05) is 194 Å². The van der Waals surface area contributed by atoms with E-state index in [9.17, 15) is 0 Å². The minimum atomic E-state index is -0.519. The molecule has 0 amide bonds. The van der Waals surface area contributed by atoms with Crippen molar-refractivity contribution in [2.45, 2.75) is 5.41 Å². The van der Waals surface area contributed by atoms with Gasteiger partial charge < -0.3 is 0 Å². The average molecular weight is 721 g/mol. The Bertz CT molecular complexity index is 3350. The summed E-state index contributed by atoms with van der Waals surface area (Å²) in [6.45, 7) is 0. The van der Waals surface area contributed by atoms with E-state index >= 15 is 0 Å². The van der Waals surface area contributed by atoms with Gasteiger partial charge in [0.1, 0.15) is 0 Å². The van der Waals surface area contributed by atoms with Crippen molar-refractivity contribution in [3.63, 3.8) is 0 Å². The minimum absolute atomic E-state index is 0.519. The Morgan fingerprint density at radius 2 is 0.789 bits per heavy atom. The fraction of sp³-hybridized carbons (Fsp3) is 0.0175. The van der Waals surface area contributed by atoms with Gasteiger partial charge in [0.25, 0.3) is 0 Å². The summed E-state index contributed by atoms with van der Waals surface area (Å²) < 4.78 is 0. The Labute approximate surface area is 331 Å². The molecule has 0 aliphatic heterocycles. The van der Waals surface area contributed by atoms with Gasteiger partial charge in [-0.3, -0.25) is 0 Å². The summed E-state index contributed by atoms with van der Waals surface area (Å²) in [5.74, 6) is 0. The van der Waals surface area contributed by atoms with Crippen molar-refractivity contribution in [2.24, 2.45) is 0 Å². The molecule has 0 radical (unpaired) electrons. The largest absolute Gasteiger partial charge is 0.0714 e. The molecule has 264 valence electrons. The van der Waals surface area contributed by atoms with Crippen LogP contribution in [0.3, 0.4) is 0 Å². The van der Waals surface area contributed by atoms with Gasteiger partial charge in [0.15, 0.2) is 0 Å². The van der Waals surface area contributed by atoms with Crippen molar-refractivity contribution in [3.05, 3.63) is 241 Å². The van der Waals surface area contributed by atoms with Gasteiger partial charge in [0, 0.05) is 0 Å². The Balaban J connectivity index is 1.24. The second-order valence-electron chi connectivity index (χ2n) is 15.6. The van der Waals surface area contributed by atoms with E-state index < -0.39 is 5.41 Å². The van der Waals surface area contributed by atoms with Gasteiger partial charge in [-0.15, -0.1) is 0 Å². The summed E-state index contributed by atoms with van der Waals surface area (Å²) in [4.78, 5) is 0. The fourth-order valence-electron chi connectivity index (χ4n) is 10.3. The highest BCUT2D eigenvalue weighted by Crippen LogP contribution is 2.60. The maximum atomic E-state index is 2.53. The first-order valence-corrected chi connectivity index (χ1v) is 19.9. The van der Waals surface area contributed by atoms with E-state index in [4.69, 9.17) is 0 Å². The lowest BCUT2D eigenvalue weighted by atomic mass is 9.67. The fourth-order valence-corrected chi connectivity index (χ4v) is 10.3. The molecular formula is C57H36. The Morgan fingerprint density at radius 3 is 1.58 bits per heavy atom.